The normalized spacial score (nSPS) is 31.9. The molecule has 1 saturated heterocycles. The van der Waals surface area contributed by atoms with Crippen LogP contribution in [0.15, 0.2) is 18.3 Å². The van der Waals surface area contributed by atoms with Crippen LogP contribution < -0.4 is 5.73 Å². The maximum Gasteiger partial charge on any atom is 0.267 e. The monoisotopic (exact) mass is 303 g/mol. The fraction of sp³-hybridized carbons (Fsp3) is 0.647. The number of fused-ring (bicyclic) bond motifs is 2. The van der Waals surface area contributed by atoms with Crippen molar-refractivity contribution in [3.05, 3.63) is 29.6 Å². The summed E-state index contributed by atoms with van der Waals surface area (Å²) in [6.07, 6.45) is 5.26. The van der Waals surface area contributed by atoms with Gasteiger partial charge in [-0.05, 0) is 37.1 Å². The molecule has 0 aromatic carbocycles. The van der Waals surface area contributed by atoms with Crippen molar-refractivity contribution in [2.45, 2.75) is 31.8 Å². The molecule has 22 heavy (non-hydrogen) atoms. The molecule has 2 heterocycles. The molecule has 120 valence electrons. The number of carbonyl (C=O) groups is 1. The zero-order valence-corrected chi connectivity index (χ0v) is 13.4. The third kappa shape index (κ3) is 2.32. The molecule has 1 aromatic heterocycles. The van der Waals surface area contributed by atoms with Crippen molar-refractivity contribution in [1.29, 1.82) is 0 Å². The summed E-state index contributed by atoms with van der Waals surface area (Å²) in [6, 6.07) is 3.82. The van der Waals surface area contributed by atoms with Crippen molar-refractivity contribution in [2.75, 3.05) is 26.7 Å². The van der Waals surface area contributed by atoms with Crippen molar-refractivity contribution in [3.63, 3.8) is 0 Å². The highest BCUT2D eigenvalue weighted by Gasteiger charge is 2.53. The Labute approximate surface area is 131 Å². The molecule has 1 aliphatic carbocycles. The number of hydrogen-bond donors (Lipinski definition) is 1. The zero-order valence-electron chi connectivity index (χ0n) is 13.4. The molecule has 2 bridgehead atoms. The van der Waals surface area contributed by atoms with Gasteiger partial charge >= 0.3 is 0 Å². The average molecular weight is 303 g/mol. The summed E-state index contributed by atoms with van der Waals surface area (Å²) in [7, 11) is 1.80. The van der Waals surface area contributed by atoms with Gasteiger partial charge in [-0.15, -0.1) is 0 Å². The smallest absolute Gasteiger partial charge is 0.267 e. The highest BCUT2D eigenvalue weighted by Crippen LogP contribution is 2.51. The molecule has 2 fully saturated rings. The molecule has 3 rings (SSSR count). The third-order valence-corrected chi connectivity index (χ3v) is 5.52. The van der Waals surface area contributed by atoms with Gasteiger partial charge in [0.05, 0.1) is 0 Å². The van der Waals surface area contributed by atoms with E-state index in [4.69, 9.17) is 10.5 Å². The van der Waals surface area contributed by atoms with Gasteiger partial charge in [0, 0.05) is 38.2 Å². The number of piperidine rings is 1. The molecule has 2 N–H and O–H groups in total. The molecule has 5 nitrogen and oxygen atoms in total. The second-order valence-electron chi connectivity index (χ2n) is 6.47. The fourth-order valence-electron chi connectivity index (χ4n) is 4.51. The highest BCUT2D eigenvalue weighted by atomic mass is 16.5. The molecule has 2 aliphatic rings. The standard InChI is InChI=1S/C17H25N3O2/c1-3-20-10-13-5-4-6-14(11-20)17(13,22-2)12-7-8-19-15(9-12)16(18)21/h7-9,13-14H,3-6,10-11H2,1-2H3,(H2,18,21)/t13-,14+,17?. The number of amides is 1. The first-order chi connectivity index (χ1) is 10.6. The number of ether oxygens (including phenoxy) is 1. The van der Waals surface area contributed by atoms with E-state index in [2.05, 4.69) is 16.8 Å². The summed E-state index contributed by atoms with van der Waals surface area (Å²) >= 11 is 0. The predicted octanol–water partition coefficient (Wildman–Crippen LogP) is 1.77. The van der Waals surface area contributed by atoms with Crippen LogP contribution >= 0.6 is 0 Å². The first-order valence-corrected chi connectivity index (χ1v) is 8.15. The minimum Gasteiger partial charge on any atom is -0.373 e. The van der Waals surface area contributed by atoms with Crippen LogP contribution in [0.3, 0.4) is 0 Å². The summed E-state index contributed by atoms with van der Waals surface area (Å²) in [5.41, 5.74) is 6.48. The van der Waals surface area contributed by atoms with Crippen molar-refractivity contribution in [3.8, 4) is 0 Å². The highest BCUT2D eigenvalue weighted by molar-refractivity contribution is 5.90. The second kappa shape index (κ2) is 5.97. The third-order valence-electron chi connectivity index (χ3n) is 5.52. The molecular weight excluding hydrogens is 278 g/mol. The van der Waals surface area contributed by atoms with Crippen LogP contribution in [0.4, 0.5) is 0 Å². The summed E-state index contributed by atoms with van der Waals surface area (Å²) < 4.78 is 6.15. The summed E-state index contributed by atoms with van der Waals surface area (Å²) in [5, 5.41) is 0. The minimum absolute atomic E-state index is 0.308. The molecule has 5 heteroatoms. The van der Waals surface area contributed by atoms with Gasteiger partial charge in [0.2, 0.25) is 0 Å². The first kappa shape index (κ1) is 15.4. The van der Waals surface area contributed by atoms with Crippen LogP contribution in [-0.2, 0) is 10.3 Å². The molecular formula is C17H25N3O2. The van der Waals surface area contributed by atoms with E-state index < -0.39 is 5.91 Å². The number of methoxy groups -OCH3 is 1. The molecule has 0 radical (unpaired) electrons. The predicted molar refractivity (Wildman–Crippen MR) is 84.4 cm³/mol. The lowest BCUT2D eigenvalue weighted by Gasteiger charge is -2.55. The Hall–Kier alpha value is -1.46. The van der Waals surface area contributed by atoms with Gasteiger partial charge in [-0.3, -0.25) is 9.78 Å². The maximum atomic E-state index is 11.5. The topological polar surface area (TPSA) is 68.4 Å². The summed E-state index contributed by atoms with van der Waals surface area (Å²) in [4.78, 5) is 18.1. The molecule has 3 atom stereocenters. The first-order valence-electron chi connectivity index (χ1n) is 8.15. The van der Waals surface area contributed by atoms with Crippen LogP contribution in [0.5, 0.6) is 0 Å². The number of hydrogen-bond acceptors (Lipinski definition) is 4. The van der Waals surface area contributed by atoms with Crippen molar-refractivity contribution < 1.29 is 9.53 Å². The zero-order chi connectivity index (χ0) is 15.7. The van der Waals surface area contributed by atoms with Crippen LogP contribution in [0.2, 0.25) is 0 Å². The number of aromatic nitrogens is 1. The second-order valence-corrected chi connectivity index (χ2v) is 6.47. The Morgan fingerprint density at radius 1 is 1.45 bits per heavy atom. The molecule has 1 aliphatic heterocycles. The molecule has 0 spiro atoms. The van der Waals surface area contributed by atoms with Gasteiger partial charge in [-0.25, -0.2) is 0 Å². The number of nitrogens with two attached hydrogens (primary N) is 1. The number of rotatable bonds is 4. The summed E-state index contributed by atoms with van der Waals surface area (Å²) in [6.45, 7) is 5.40. The van der Waals surface area contributed by atoms with Crippen molar-refractivity contribution in [1.82, 2.24) is 9.88 Å². The molecule has 1 saturated carbocycles. The minimum atomic E-state index is -0.482. The van der Waals surface area contributed by atoms with E-state index in [1.165, 1.54) is 6.42 Å². The lowest BCUT2D eigenvalue weighted by Crippen LogP contribution is -2.59. The molecule has 1 aromatic rings. The van der Waals surface area contributed by atoms with Gasteiger partial charge < -0.3 is 15.4 Å². The van der Waals surface area contributed by atoms with Crippen LogP contribution in [-0.4, -0.2) is 42.5 Å². The number of primary amides is 1. The Balaban J connectivity index is 2.04. The van der Waals surface area contributed by atoms with E-state index in [0.29, 0.717) is 17.5 Å². The fourth-order valence-corrected chi connectivity index (χ4v) is 4.51. The number of carbonyl (C=O) groups excluding carboxylic acids is 1. The Morgan fingerprint density at radius 2 is 2.14 bits per heavy atom. The van der Waals surface area contributed by atoms with Crippen molar-refractivity contribution >= 4 is 5.91 Å². The van der Waals surface area contributed by atoms with Gasteiger partial charge in [-0.1, -0.05) is 13.3 Å². The van der Waals surface area contributed by atoms with Gasteiger partial charge in [-0.2, -0.15) is 0 Å². The van der Waals surface area contributed by atoms with Gasteiger partial charge in [0.1, 0.15) is 11.3 Å². The van der Waals surface area contributed by atoms with Crippen LogP contribution in [0.25, 0.3) is 0 Å². The number of nitrogens with zero attached hydrogens (tertiary/aromatic N) is 2. The van der Waals surface area contributed by atoms with E-state index in [0.717, 1.165) is 38.0 Å². The Morgan fingerprint density at radius 3 is 2.68 bits per heavy atom. The van der Waals surface area contributed by atoms with E-state index in [9.17, 15) is 4.79 Å². The quantitative estimate of drug-likeness (QED) is 0.920. The van der Waals surface area contributed by atoms with E-state index in [-0.39, 0.29) is 5.60 Å². The van der Waals surface area contributed by atoms with Gasteiger partial charge in [0.15, 0.2) is 0 Å². The van der Waals surface area contributed by atoms with Crippen molar-refractivity contribution in [2.24, 2.45) is 17.6 Å². The van der Waals surface area contributed by atoms with Crippen LogP contribution in [0.1, 0.15) is 42.2 Å². The van der Waals surface area contributed by atoms with E-state index >= 15 is 0 Å². The van der Waals surface area contributed by atoms with E-state index in [1.807, 2.05) is 12.1 Å². The van der Waals surface area contributed by atoms with Crippen LogP contribution in [0, 0.1) is 11.8 Å². The Kier molecular flexibility index (Phi) is 4.19. The SMILES string of the molecule is CCN1C[C@H]2CCC[C@@H](C1)C2(OC)c1ccnc(C(N)=O)c1. The molecule has 1 amide bonds. The largest absolute Gasteiger partial charge is 0.373 e. The molecule has 1 unspecified atom stereocenters. The van der Waals surface area contributed by atoms with E-state index in [1.54, 1.807) is 13.3 Å². The lowest BCUT2D eigenvalue weighted by atomic mass is 9.62. The maximum absolute atomic E-state index is 11.5. The van der Waals surface area contributed by atoms with Gasteiger partial charge in [0.25, 0.3) is 5.91 Å². The average Bonchev–Trinajstić information content (AvgIpc) is 2.53. The number of pyridine rings is 1. The number of likely N-dealkylation sites (tertiary alicyclic amines) is 1. The summed E-state index contributed by atoms with van der Waals surface area (Å²) in [5.74, 6) is 0.422. The lowest BCUT2D eigenvalue weighted by molar-refractivity contribution is -0.168. The Bertz CT molecular complexity index is 547.